The number of carbonyl (C=O) groups excluding carboxylic acids is 2. The molecule has 2 amide bonds. The Bertz CT molecular complexity index is 898. The van der Waals surface area contributed by atoms with E-state index in [1.807, 2.05) is 24.3 Å². The van der Waals surface area contributed by atoms with Gasteiger partial charge in [-0.2, -0.15) is 0 Å². The van der Waals surface area contributed by atoms with E-state index in [2.05, 4.69) is 24.3 Å². The molecular formula is C24H23NO4. The second kappa shape index (κ2) is 6.83. The number of hydrogen-bond donors (Lipinski definition) is 1. The predicted octanol–water partition coefficient (Wildman–Crippen LogP) is 3.52. The van der Waals surface area contributed by atoms with Gasteiger partial charge in [-0.05, 0) is 35.1 Å². The number of likely N-dealkylation sites (tertiary alicyclic amines) is 1. The predicted molar refractivity (Wildman–Crippen MR) is 106 cm³/mol. The van der Waals surface area contributed by atoms with Crippen molar-refractivity contribution in [2.75, 3.05) is 6.54 Å². The molecule has 0 radical (unpaired) electrons. The molecule has 2 bridgehead atoms. The molecule has 2 atom stereocenters. The molecule has 2 aromatic rings. The third-order valence-corrected chi connectivity index (χ3v) is 6.81. The second-order valence-corrected chi connectivity index (χ2v) is 8.30. The Morgan fingerprint density at radius 3 is 1.62 bits per heavy atom. The summed E-state index contributed by atoms with van der Waals surface area (Å²) in [6.07, 6.45) is 2.05. The smallest absolute Gasteiger partial charge is 0.303 e. The Balaban J connectivity index is 1.46. The zero-order valence-corrected chi connectivity index (χ0v) is 16.1. The van der Waals surface area contributed by atoms with Gasteiger partial charge < -0.3 is 5.11 Å². The summed E-state index contributed by atoms with van der Waals surface area (Å²) in [5.74, 6) is -1.70. The van der Waals surface area contributed by atoms with E-state index in [4.69, 9.17) is 5.11 Å². The van der Waals surface area contributed by atoms with Crippen LogP contribution >= 0.6 is 0 Å². The molecule has 5 nitrogen and oxygen atoms in total. The molecule has 1 heterocycles. The zero-order chi connectivity index (χ0) is 20.1. The van der Waals surface area contributed by atoms with Crippen molar-refractivity contribution in [1.29, 1.82) is 0 Å². The molecule has 29 heavy (non-hydrogen) atoms. The van der Waals surface area contributed by atoms with E-state index in [9.17, 15) is 14.4 Å². The summed E-state index contributed by atoms with van der Waals surface area (Å²) in [7, 11) is 0. The molecule has 1 N–H and O–H groups in total. The van der Waals surface area contributed by atoms with Gasteiger partial charge >= 0.3 is 5.97 Å². The highest BCUT2D eigenvalue weighted by atomic mass is 16.4. The number of rotatable bonds is 6. The third-order valence-electron chi connectivity index (χ3n) is 6.81. The van der Waals surface area contributed by atoms with E-state index >= 15 is 0 Å². The number of amides is 2. The quantitative estimate of drug-likeness (QED) is 0.606. The van der Waals surface area contributed by atoms with Crippen molar-refractivity contribution < 1.29 is 19.5 Å². The summed E-state index contributed by atoms with van der Waals surface area (Å²) in [6, 6.07) is 16.5. The van der Waals surface area contributed by atoms with Crippen LogP contribution in [-0.4, -0.2) is 34.3 Å². The summed E-state index contributed by atoms with van der Waals surface area (Å²) in [5, 5.41) is 8.77. The molecule has 0 saturated carbocycles. The third kappa shape index (κ3) is 2.64. The molecule has 5 heteroatoms. The number of unbranched alkanes of at least 4 members (excludes halogenated alkanes) is 2. The fourth-order valence-corrected chi connectivity index (χ4v) is 5.68. The highest BCUT2D eigenvalue weighted by molar-refractivity contribution is 6.07. The van der Waals surface area contributed by atoms with E-state index in [-0.39, 0.29) is 41.9 Å². The van der Waals surface area contributed by atoms with Gasteiger partial charge in [0.15, 0.2) is 0 Å². The molecule has 1 saturated heterocycles. The van der Waals surface area contributed by atoms with Crippen LogP contribution in [0.3, 0.4) is 0 Å². The van der Waals surface area contributed by atoms with Crippen LogP contribution in [0.25, 0.3) is 0 Å². The van der Waals surface area contributed by atoms with Crippen LogP contribution in [-0.2, 0) is 14.4 Å². The minimum atomic E-state index is -0.809. The number of hydrogen-bond acceptors (Lipinski definition) is 3. The number of nitrogens with zero attached hydrogens (tertiary/aromatic N) is 1. The first-order valence-electron chi connectivity index (χ1n) is 10.3. The highest BCUT2D eigenvalue weighted by Gasteiger charge is 2.61. The van der Waals surface area contributed by atoms with Crippen LogP contribution < -0.4 is 0 Å². The maximum Gasteiger partial charge on any atom is 0.303 e. The number of carbonyl (C=O) groups is 3. The molecule has 0 spiro atoms. The first kappa shape index (κ1) is 18.1. The molecule has 1 aliphatic heterocycles. The van der Waals surface area contributed by atoms with Crippen molar-refractivity contribution in [3.63, 3.8) is 0 Å². The van der Waals surface area contributed by atoms with E-state index < -0.39 is 5.97 Å². The average molecular weight is 389 g/mol. The lowest BCUT2D eigenvalue weighted by molar-refractivity contribution is -0.140. The van der Waals surface area contributed by atoms with E-state index in [1.165, 1.54) is 27.2 Å². The van der Waals surface area contributed by atoms with Gasteiger partial charge in [0, 0.05) is 24.8 Å². The van der Waals surface area contributed by atoms with Gasteiger partial charge in [0.1, 0.15) is 0 Å². The van der Waals surface area contributed by atoms with Gasteiger partial charge in [-0.15, -0.1) is 0 Å². The van der Waals surface area contributed by atoms with Gasteiger partial charge in [-0.25, -0.2) is 0 Å². The van der Waals surface area contributed by atoms with Crippen molar-refractivity contribution in [1.82, 2.24) is 4.90 Å². The average Bonchev–Trinajstić information content (AvgIpc) is 2.98. The molecule has 148 valence electrons. The summed E-state index contributed by atoms with van der Waals surface area (Å²) in [4.78, 5) is 38.8. The first-order chi connectivity index (χ1) is 14.1. The SMILES string of the molecule is O=C(O)CCCCCN1C(=O)[C@H]2C3c4ccccc4C(c4ccccc43)[C@@H]2C1=O. The number of carboxylic acid groups (broad SMARTS) is 1. The number of benzene rings is 2. The monoisotopic (exact) mass is 389 g/mol. The maximum atomic E-state index is 13.3. The van der Waals surface area contributed by atoms with Crippen molar-refractivity contribution >= 4 is 17.8 Å². The Labute approximate surface area is 169 Å². The molecule has 6 rings (SSSR count). The zero-order valence-electron chi connectivity index (χ0n) is 16.1. The van der Waals surface area contributed by atoms with E-state index in [0.29, 0.717) is 25.8 Å². The maximum absolute atomic E-state index is 13.3. The summed E-state index contributed by atoms with van der Waals surface area (Å²) in [6.45, 7) is 0.385. The minimum absolute atomic E-state index is 0.0581. The van der Waals surface area contributed by atoms with Crippen LogP contribution in [0.2, 0.25) is 0 Å². The fourth-order valence-electron chi connectivity index (χ4n) is 5.68. The normalized spacial score (nSPS) is 26.3. The highest BCUT2D eigenvalue weighted by Crippen LogP contribution is 2.60. The van der Waals surface area contributed by atoms with Gasteiger partial charge in [0.2, 0.25) is 11.8 Å². The van der Waals surface area contributed by atoms with Crippen LogP contribution in [0.4, 0.5) is 0 Å². The molecule has 3 aliphatic carbocycles. The van der Waals surface area contributed by atoms with Crippen molar-refractivity contribution in [2.24, 2.45) is 11.8 Å². The number of imide groups is 1. The molecule has 2 aromatic carbocycles. The van der Waals surface area contributed by atoms with Gasteiger partial charge in [-0.1, -0.05) is 55.0 Å². The lowest BCUT2D eigenvalue weighted by Crippen LogP contribution is -2.41. The Morgan fingerprint density at radius 2 is 1.21 bits per heavy atom. The van der Waals surface area contributed by atoms with Crippen molar-refractivity contribution in [2.45, 2.75) is 37.5 Å². The number of carboxylic acids is 1. The van der Waals surface area contributed by atoms with Gasteiger partial charge in [-0.3, -0.25) is 19.3 Å². The summed E-state index contributed by atoms with van der Waals surface area (Å²) in [5.41, 5.74) is 4.73. The van der Waals surface area contributed by atoms with Gasteiger partial charge in [0.05, 0.1) is 11.8 Å². The molecule has 0 aromatic heterocycles. The summed E-state index contributed by atoms with van der Waals surface area (Å²) >= 11 is 0. The Kier molecular flexibility index (Phi) is 4.26. The van der Waals surface area contributed by atoms with Crippen LogP contribution in [0.1, 0.15) is 59.8 Å². The van der Waals surface area contributed by atoms with Crippen molar-refractivity contribution in [3.05, 3.63) is 70.8 Å². The molecule has 4 aliphatic rings. The van der Waals surface area contributed by atoms with Crippen LogP contribution in [0.5, 0.6) is 0 Å². The topological polar surface area (TPSA) is 74.7 Å². The molecule has 1 fully saturated rings. The van der Waals surface area contributed by atoms with Gasteiger partial charge in [0.25, 0.3) is 0 Å². The standard InChI is InChI=1S/C24H23NO4/c26-18(27)12-2-1-7-13-25-23(28)21-19-14-8-3-4-9-15(14)20(22(21)24(25)29)17-11-6-5-10-16(17)19/h3-6,8-11,19-22H,1-2,7,12-13H2,(H,26,27)/t19?,20?,21-,22-/m0/s1. The Morgan fingerprint density at radius 1 is 0.759 bits per heavy atom. The van der Waals surface area contributed by atoms with E-state index in [0.717, 1.165) is 0 Å². The lowest BCUT2D eigenvalue weighted by atomic mass is 9.55. The fraction of sp³-hybridized carbons (Fsp3) is 0.375. The van der Waals surface area contributed by atoms with Crippen LogP contribution in [0.15, 0.2) is 48.5 Å². The lowest BCUT2D eigenvalue weighted by Gasteiger charge is -2.45. The largest absolute Gasteiger partial charge is 0.481 e. The van der Waals surface area contributed by atoms with E-state index in [1.54, 1.807) is 0 Å². The van der Waals surface area contributed by atoms with Crippen LogP contribution in [0, 0.1) is 11.8 Å². The second-order valence-electron chi connectivity index (χ2n) is 8.30. The first-order valence-corrected chi connectivity index (χ1v) is 10.3. The molecular weight excluding hydrogens is 366 g/mol. The minimum Gasteiger partial charge on any atom is -0.481 e. The molecule has 0 unspecified atom stereocenters. The summed E-state index contributed by atoms with van der Waals surface area (Å²) < 4.78 is 0. The van der Waals surface area contributed by atoms with Crippen molar-refractivity contribution in [3.8, 4) is 0 Å². The Hall–Kier alpha value is -2.95. The number of aliphatic carboxylic acids is 1.